The highest BCUT2D eigenvalue weighted by Crippen LogP contribution is 2.02. The standard InChI is InChI=1S/C13H16N2O3/c14-13(18)11(8-9-16)15-12(17)7-6-10-4-2-1-3-5-10/h1-5,9,11H,6-8H2,(H2,14,18)(H,15,17)/t11-/m0/s1. The van der Waals surface area contributed by atoms with Crippen molar-refractivity contribution >= 4 is 18.1 Å². The molecule has 0 saturated heterocycles. The molecule has 0 heterocycles. The number of carbonyl (C=O) groups excluding carboxylic acids is 3. The van der Waals surface area contributed by atoms with E-state index in [1.165, 1.54) is 0 Å². The van der Waals surface area contributed by atoms with Gasteiger partial charge in [-0.15, -0.1) is 0 Å². The van der Waals surface area contributed by atoms with E-state index in [-0.39, 0.29) is 18.7 Å². The molecule has 0 aliphatic carbocycles. The van der Waals surface area contributed by atoms with E-state index in [0.717, 1.165) is 5.56 Å². The lowest BCUT2D eigenvalue weighted by Gasteiger charge is -2.12. The van der Waals surface area contributed by atoms with Crippen molar-refractivity contribution in [3.8, 4) is 0 Å². The van der Waals surface area contributed by atoms with Crippen molar-refractivity contribution in [3.05, 3.63) is 35.9 Å². The smallest absolute Gasteiger partial charge is 0.240 e. The number of primary amides is 1. The summed E-state index contributed by atoms with van der Waals surface area (Å²) in [4.78, 5) is 32.8. The van der Waals surface area contributed by atoms with Crippen molar-refractivity contribution in [2.24, 2.45) is 5.73 Å². The zero-order valence-electron chi connectivity index (χ0n) is 9.96. The minimum absolute atomic E-state index is 0.0909. The zero-order chi connectivity index (χ0) is 13.4. The SMILES string of the molecule is NC(=O)[C@H](CC=O)NC(=O)CCc1ccccc1. The van der Waals surface area contributed by atoms with Gasteiger partial charge in [0.2, 0.25) is 11.8 Å². The summed E-state index contributed by atoms with van der Waals surface area (Å²) in [6, 6.07) is 8.62. The third kappa shape index (κ3) is 4.78. The molecule has 5 heteroatoms. The minimum atomic E-state index is -0.911. The summed E-state index contributed by atoms with van der Waals surface area (Å²) in [6.45, 7) is 0. The molecule has 1 atom stereocenters. The summed E-state index contributed by atoms with van der Waals surface area (Å²) in [5, 5.41) is 2.44. The molecule has 0 bridgehead atoms. The largest absolute Gasteiger partial charge is 0.368 e. The third-order valence-electron chi connectivity index (χ3n) is 2.49. The minimum Gasteiger partial charge on any atom is -0.368 e. The maximum atomic E-state index is 11.6. The fraction of sp³-hybridized carbons (Fsp3) is 0.308. The Balaban J connectivity index is 2.41. The van der Waals surface area contributed by atoms with Gasteiger partial charge in [0.25, 0.3) is 0 Å². The second kappa shape index (κ2) is 7.21. The van der Waals surface area contributed by atoms with Crippen LogP contribution in [0.25, 0.3) is 0 Å². The van der Waals surface area contributed by atoms with Gasteiger partial charge in [0.15, 0.2) is 0 Å². The second-order valence-corrected chi connectivity index (χ2v) is 3.91. The van der Waals surface area contributed by atoms with Crippen molar-refractivity contribution in [2.45, 2.75) is 25.3 Å². The highest BCUT2D eigenvalue weighted by molar-refractivity contribution is 5.88. The van der Waals surface area contributed by atoms with Crippen LogP contribution in [-0.2, 0) is 20.8 Å². The van der Waals surface area contributed by atoms with Crippen LogP contribution in [0.3, 0.4) is 0 Å². The third-order valence-corrected chi connectivity index (χ3v) is 2.49. The summed E-state index contributed by atoms with van der Waals surface area (Å²) in [7, 11) is 0. The highest BCUT2D eigenvalue weighted by Gasteiger charge is 2.16. The van der Waals surface area contributed by atoms with E-state index in [0.29, 0.717) is 12.7 Å². The number of hydrogen-bond donors (Lipinski definition) is 2. The number of aldehydes is 1. The number of benzene rings is 1. The van der Waals surface area contributed by atoms with E-state index in [1.54, 1.807) is 0 Å². The van der Waals surface area contributed by atoms with Gasteiger partial charge >= 0.3 is 0 Å². The molecule has 3 N–H and O–H groups in total. The molecule has 0 spiro atoms. The first-order chi connectivity index (χ1) is 8.63. The average molecular weight is 248 g/mol. The first kappa shape index (κ1) is 13.9. The van der Waals surface area contributed by atoms with Crippen LogP contribution in [0, 0.1) is 0 Å². The van der Waals surface area contributed by atoms with Gasteiger partial charge in [0, 0.05) is 12.8 Å². The normalized spacial score (nSPS) is 11.6. The molecule has 0 aliphatic heterocycles. The van der Waals surface area contributed by atoms with E-state index >= 15 is 0 Å². The second-order valence-electron chi connectivity index (χ2n) is 3.91. The van der Waals surface area contributed by atoms with Gasteiger partial charge in [0.1, 0.15) is 12.3 Å². The number of carbonyl (C=O) groups is 3. The molecule has 0 aliphatic rings. The fourth-order valence-corrected chi connectivity index (χ4v) is 1.51. The fourth-order valence-electron chi connectivity index (χ4n) is 1.51. The topological polar surface area (TPSA) is 89.3 Å². The van der Waals surface area contributed by atoms with E-state index in [4.69, 9.17) is 5.73 Å². The molecule has 1 aromatic carbocycles. The number of hydrogen-bond acceptors (Lipinski definition) is 3. The first-order valence-electron chi connectivity index (χ1n) is 5.69. The number of rotatable bonds is 7. The van der Waals surface area contributed by atoms with Crippen molar-refractivity contribution in [1.29, 1.82) is 0 Å². The summed E-state index contributed by atoms with van der Waals surface area (Å²) < 4.78 is 0. The van der Waals surface area contributed by atoms with Crippen LogP contribution in [0.2, 0.25) is 0 Å². The highest BCUT2D eigenvalue weighted by atomic mass is 16.2. The maximum Gasteiger partial charge on any atom is 0.240 e. The van der Waals surface area contributed by atoms with Gasteiger partial charge in [-0.3, -0.25) is 9.59 Å². The quantitative estimate of drug-likeness (QED) is 0.674. The van der Waals surface area contributed by atoms with Crippen LogP contribution in [0.5, 0.6) is 0 Å². The molecule has 96 valence electrons. The molecule has 0 radical (unpaired) electrons. The summed E-state index contributed by atoms with van der Waals surface area (Å²) >= 11 is 0. The van der Waals surface area contributed by atoms with E-state index in [9.17, 15) is 14.4 Å². The molecule has 1 aromatic rings. The van der Waals surface area contributed by atoms with Gasteiger partial charge < -0.3 is 15.8 Å². The van der Waals surface area contributed by atoms with Gasteiger partial charge in [-0.1, -0.05) is 30.3 Å². The predicted molar refractivity (Wildman–Crippen MR) is 66.6 cm³/mol. The van der Waals surface area contributed by atoms with Crippen molar-refractivity contribution in [2.75, 3.05) is 0 Å². The lowest BCUT2D eigenvalue weighted by Crippen LogP contribution is -2.44. The van der Waals surface area contributed by atoms with Crippen LogP contribution in [0.4, 0.5) is 0 Å². The Labute approximate surface area is 105 Å². The maximum absolute atomic E-state index is 11.6. The average Bonchev–Trinajstić information content (AvgIpc) is 2.37. The molecule has 0 saturated carbocycles. The Kier molecular flexibility index (Phi) is 5.57. The Morgan fingerprint density at radius 2 is 1.94 bits per heavy atom. The molecule has 0 aromatic heterocycles. The number of amides is 2. The molecular weight excluding hydrogens is 232 g/mol. The molecule has 1 rings (SSSR count). The molecular formula is C13H16N2O3. The van der Waals surface area contributed by atoms with Crippen LogP contribution >= 0.6 is 0 Å². The van der Waals surface area contributed by atoms with Crippen molar-refractivity contribution in [1.82, 2.24) is 5.32 Å². The van der Waals surface area contributed by atoms with Crippen LogP contribution in [0.1, 0.15) is 18.4 Å². The summed E-state index contributed by atoms with van der Waals surface area (Å²) in [5.41, 5.74) is 6.11. The number of aryl methyl sites for hydroxylation is 1. The van der Waals surface area contributed by atoms with E-state index < -0.39 is 11.9 Å². The predicted octanol–water partition coefficient (Wildman–Crippen LogP) is 0.178. The van der Waals surface area contributed by atoms with Crippen LogP contribution < -0.4 is 11.1 Å². The van der Waals surface area contributed by atoms with Crippen LogP contribution in [0.15, 0.2) is 30.3 Å². The van der Waals surface area contributed by atoms with E-state index in [1.807, 2.05) is 30.3 Å². The number of nitrogens with two attached hydrogens (primary N) is 1. The lowest BCUT2D eigenvalue weighted by molar-refractivity contribution is -0.128. The Morgan fingerprint density at radius 1 is 1.28 bits per heavy atom. The Hall–Kier alpha value is -2.17. The van der Waals surface area contributed by atoms with Crippen molar-refractivity contribution in [3.63, 3.8) is 0 Å². The van der Waals surface area contributed by atoms with Gasteiger partial charge in [-0.25, -0.2) is 0 Å². The van der Waals surface area contributed by atoms with Crippen LogP contribution in [-0.4, -0.2) is 24.1 Å². The summed E-state index contributed by atoms with van der Waals surface area (Å²) in [5.74, 6) is -0.986. The lowest BCUT2D eigenvalue weighted by atomic mass is 10.1. The molecule has 18 heavy (non-hydrogen) atoms. The molecule has 0 fully saturated rings. The van der Waals surface area contributed by atoms with Gasteiger partial charge in [-0.2, -0.15) is 0 Å². The molecule has 0 unspecified atom stereocenters. The molecule has 2 amide bonds. The van der Waals surface area contributed by atoms with Gasteiger partial charge in [0.05, 0.1) is 0 Å². The first-order valence-corrected chi connectivity index (χ1v) is 5.69. The molecule has 5 nitrogen and oxygen atoms in total. The van der Waals surface area contributed by atoms with Gasteiger partial charge in [-0.05, 0) is 12.0 Å². The Morgan fingerprint density at radius 3 is 2.50 bits per heavy atom. The Bertz CT molecular complexity index is 418. The monoisotopic (exact) mass is 248 g/mol. The summed E-state index contributed by atoms with van der Waals surface area (Å²) in [6.07, 6.45) is 1.31. The van der Waals surface area contributed by atoms with E-state index in [2.05, 4.69) is 5.32 Å². The zero-order valence-corrected chi connectivity index (χ0v) is 9.96. The van der Waals surface area contributed by atoms with Crippen molar-refractivity contribution < 1.29 is 14.4 Å². The number of nitrogens with one attached hydrogen (secondary N) is 1.